The van der Waals surface area contributed by atoms with E-state index in [4.69, 9.17) is 0 Å². The summed E-state index contributed by atoms with van der Waals surface area (Å²) in [4.78, 5) is 24.7. The van der Waals surface area contributed by atoms with E-state index in [0.29, 0.717) is 12.0 Å². The lowest BCUT2D eigenvalue weighted by Gasteiger charge is -2.06. The summed E-state index contributed by atoms with van der Waals surface area (Å²) in [6, 6.07) is 5.49. The van der Waals surface area contributed by atoms with Crippen molar-refractivity contribution >= 4 is 38.1 Å². The molecule has 1 amide bonds. The Labute approximate surface area is 144 Å². The van der Waals surface area contributed by atoms with Crippen LogP contribution in [0.4, 0.5) is 5.00 Å². The van der Waals surface area contributed by atoms with Crippen molar-refractivity contribution in [2.75, 3.05) is 11.6 Å². The SMILES string of the molecule is CCc1c(C)sc(NC(=O)c2ccc(S(C)(=O)=O)cc2)c1C(=O)O. The molecule has 128 valence electrons. The fourth-order valence-corrected chi connectivity index (χ4v) is 4.11. The van der Waals surface area contributed by atoms with Crippen LogP contribution in [0, 0.1) is 6.92 Å². The van der Waals surface area contributed by atoms with E-state index in [-0.39, 0.29) is 21.0 Å². The lowest BCUT2D eigenvalue weighted by molar-refractivity contribution is 0.0697. The molecule has 0 saturated heterocycles. The first kappa shape index (κ1) is 18.2. The molecule has 1 aromatic heterocycles. The molecule has 0 spiro atoms. The fourth-order valence-electron chi connectivity index (χ4n) is 2.35. The first-order chi connectivity index (χ1) is 11.1. The molecule has 0 unspecified atom stereocenters. The minimum absolute atomic E-state index is 0.112. The largest absolute Gasteiger partial charge is 0.478 e. The summed E-state index contributed by atoms with van der Waals surface area (Å²) in [6.45, 7) is 3.67. The molecule has 0 fully saturated rings. The Morgan fingerprint density at radius 2 is 1.79 bits per heavy atom. The number of amides is 1. The highest BCUT2D eigenvalue weighted by Crippen LogP contribution is 2.33. The van der Waals surface area contributed by atoms with Gasteiger partial charge in [0.1, 0.15) is 5.00 Å². The molecular formula is C16H17NO5S2. The number of carbonyl (C=O) groups excluding carboxylic acids is 1. The second-order valence-corrected chi connectivity index (χ2v) is 8.49. The Morgan fingerprint density at radius 1 is 1.21 bits per heavy atom. The van der Waals surface area contributed by atoms with Gasteiger partial charge in [-0.3, -0.25) is 4.79 Å². The fraction of sp³-hybridized carbons (Fsp3) is 0.250. The van der Waals surface area contributed by atoms with Gasteiger partial charge >= 0.3 is 5.97 Å². The molecule has 1 aromatic carbocycles. The van der Waals surface area contributed by atoms with Crippen molar-refractivity contribution in [3.8, 4) is 0 Å². The van der Waals surface area contributed by atoms with Gasteiger partial charge < -0.3 is 10.4 Å². The van der Waals surface area contributed by atoms with Crippen LogP contribution in [0.2, 0.25) is 0 Å². The summed E-state index contributed by atoms with van der Waals surface area (Å²) >= 11 is 1.22. The Bertz CT molecular complexity index is 895. The van der Waals surface area contributed by atoms with Crippen molar-refractivity contribution < 1.29 is 23.1 Å². The minimum atomic E-state index is -3.34. The Kier molecular flexibility index (Phi) is 5.10. The average molecular weight is 367 g/mol. The second kappa shape index (κ2) is 6.74. The number of carboxylic acid groups (broad SMARTS) is 1. The van der Waals surface area contributed by atoms with Crippen molar-refractivity contribution in [3.63, 3.8) is 0 Å². The number of thiophene rings is 1. The van der Waals surface area contributed by atoms with Gasteiger partial charge in [0, 0.05) is 16.7 Å². The van der Waals surface area contributed by atoms with Gasteiger partial charge in [-0.2, -0.15) is 0 Å². The van der Waals surface area contributed by atoms with Gasteiger partial charge in [-0.1, -0.05) is 6.92 Å². The maximum absolute atomic E-state index is 12.3. The van der Waals surface area contributed by atoms with Gasteiger partial charge in [0.15, 0.2) is 9.84 Å². The van der Waals surface area contributed by atoms with Crippen LogP contribution in [-0.2, 0) is 16.3 Å². The van der Waals surface area contributed by atoms with Crippen LogP contribution in [-0.4, -0.2) is 31.7 Å². The number of carbonyl (C=O) groups is 2. The molecule has 8 heteroatoms. The van der Waals surface area contributed by atoms with Crippen molar-refractivity contribution in [3.05, 3.63) is 45.8 Å². The van der Waals surface area contributed by atoms with Crippen LogP contribution in [0.1, 0.15) is 38.1 Å². The molecule has 6 nitrogen and oxygen atoms in total. The Hall–Kier alpha value is -2.19. The van der Waals surface area contributed by atoms with Gasteiger partial charge in [0.05, 0.1) is 10.5 Å². The van der Waals surface area contributed by atoms with Gasteiger partial charge in [-0.05, 0) is 43.2 Å². The van der Waals surface area contributed by atoms with E-state index in [1.165, 1.54) is 35.6 Å². The zero-order chi connectivity index (χ0) is 18.1. The standard InChI is InChI=1S/C16H17NO5S2/c1-4-12-9(2)23-15(13(12)16(19)20)17-14(18)10-5-7-11(8-6-10)24(3,21)22/h5-8H,4H2,1-3H3,(H,17,18)(H,19,20). The number of rotatable bonds is 5. The number of benzene rings is 1. The number of carboxylic acids is 1. The van der Waals surface area contributed by atoms with Gasteiger partial charge in [-0.15, -0.1) is 11.3 Å². The Morgan fingerprint density at radius 3 is 2.25 bits per heavy atom. The second-order valence-electron chi connectivity index (χ2n) is 5.25. The van der Waals surface area contributed by atoms with E-state index < -0.39 is 21.7 Å². The molecule has 0 radical (unpaired) electrons. The zero-order valence-electron chi connectivity index (χ0n) is 13.4. The topological polar surface area (TPSA) is 101 Å². The number of aromatic carboxylic acids is 1. The highest BCUT2D eigenvalue weighted by Gasteiger charge is 2.22. The lowest BCUT2D eigenvalue weighted by Crippen LogP contribution is -2.14. The highest BCUT2D eigenvalue weighted by molar-refractivity contribution is 7.90. The Balaban J connectivity index is 2.32. The summed E-state index contributed by atoms with van der Waals surface area (Å²) < 4.78 is 22.9. The van der Waals surface area contributed by atoms with E-state index in [2.05, 4.69) is 5.32 Å². The smallest absolute Gasteiger partial charge is 0.339 e. The average Bonchev–Trinajstić information content (AvgIpc) is 2.81. The van der Waals surface area contributed by atoms with Crippen LogP contribution in [0.3, 0.4) is 0 Å². The third-order valence-electron chi connectivity index (χ3n) is 3.55. The number of sulfone groups is 1. The molecule has 2 aromatic rings. The van der Waals surface area contributed by atoms with Crippen LogP contribution in [0.5, 0.6) is 0 Å². The number of anilines is 1. The van der Waals surface area contributed by atoms with Crippen molar-refractivity contribution in [2.24, 2.45) is 0 Å². The normalized spacial score (nSPS) is 11.3. The summed E-state index contributed by atoms with van der Waals surface area (Å²) in [7, 11) is -3.34. The van der Waals surface area contributed by atoms with Crippen molar-refractivity contribution in [1.82, 2.24) is 0 Å². The quantitative estimate of drug-likeness (QED) is 0.846. The number of hydrogen-bond donors (Lipinski definition) is 2. The van der Waals surface area contributed by atoms with Gasteiger partial charge in [-0.25, -0.2) is 13.2 Å². The molecule has 0 aliphatic heterocycles. The summed E-state index contributed by atoms with van der Waals surface area (Å²) in [5, 5.41) is 12.3. The molecule has 24 heavy (non-hydrogen) atoms. The summed E-state index contributed by atoms with van der Waals surface area (Å²) in [5.74, 6) is -1.57. The van der Waals surface area contributed by atoms with Crippen LogP contribution in [0.25, 0.3) is 0 Å². The molecule has 2 N–H and O–H groups in total. The number of aryl methyl sites for hydroxylation is 1. The predicted molar refractivity (Wildman–Crippen MR) is 92.9 cm³/mol. The molecule has 0 atom stereocenters. The van der Waals surface area contributed by atoms with Crippen LogP contribution in [0.15, 0.2) is 29.2 Å². The maximum Gasteiger partial charge on any atom is 0.339 e. The maximum atomic E-state index is 12.3. The van der Waals surface area contributed by atoms with Crippen molar-refractivity contribution in [2.45, 2.75) is 25.2 Å². The molecule has 0 aliphatic rings. The van der Waals surface area contributed by atoms with E-state index in [9.17, 15) is 23.1 Å². The summed E-state index contributed by atoms with van der Waals surface area (Å²) in [5.41, 5.74) is 1.07. The zero-order valence-corrected chi connectivity index (χ0v) is 15.0. The van der Waals surface area contributed by atoms with E-state index in [1.807, 2.05) is 13.8 Å². The number of hydrogen-bond acceptors (Lipinski definition) is 5. The molecule has 2 rings (SSSR count). The predicted octanol–water partition coefficient (Wildman–Crippen LogP) is 2.97. The first-order valence-electron chi connectivity index (χ1n) is 7.12. The molecule has 0 bridgehead atoms. The van der Waals surface area contributed by atoms with Crippen LogP contribution >= 0.6 is 11.3 Å². The minimum Gasteiger partial charge on any atom is -0.478 e. The van der Waals surface area contributed by atoms with Gasteiger partial charge in [0.25, 0.3) is 5.91 Å². The van der Waals surface area contributed by atoms with Crippen molar-refractivity contribution in [1.29, 1.82) is 0 Å². The molecule has 0 aliphatic carbocycles. The van der Waals surface area contributed by atoms with E-state index in [0.717, 1.165) is 11.1 Å². The monoisotopic (exact) mass is 367 g/mol. The lowest BCUT2D eigenvalue weighted by atomic mass is 10.1. The third-order valence-corrected chi connectivity index (χ3v) is 5.74. The first-order valence-corrected chi connectivity index (χ1v) is 9.83. The van der Waals surface area contributed by atoms with Gasteiger partial charge in [0.2, 0.25) is 0 Å². The summed E-state index contributed by atoms with van der Waals surface area (Å²) in [6.07, 6.45) is 1.64. The number of nitrogens with one attached hydrogen (secondary N) is 1. The van der Waals surface area contributed by atoms with E-state index in [1.54, 1.807) is 0 Å². The highest BCUT2D eigenvalue weighted by atomic mass is 32.2. The molecular weight excluding hydrogens is 350 g/mol. The third kappa shape index (κ3) is 3.65. The molecule has 0 saturated carbocycles. The van der Waals surface area contributed by atoms with Crippen LogP contribution < -0.4 is 5.32 Å². The molecule has 1 heterocycles. The van der Waals surface area contributed by atoms with E-state index >= 15 is 0 Å².